The number of halogens is 1. The second kappa shape index (κ2) is 6.57. The molecule has 5 nitrogen and oxygen atoms in total. The number of anilines is 2. The van der Waals surface area contributed by atoms with Gasteiger partial charge in [0.05, 0.1) is 13.2 Å². The van der Waals surface area contributed by atoms with E-state index in [1.54, 1.807) is 12.1 Å². The van der Waals surface area contributed by atoms with Gasteiger partial charge in [0.2, 0.25) is 0 Å². The number of aromatic amines is 1. The Morgan fingerprint density at radius 3 is 2.60 bits per heavy atom. The molecule has 128 valence electrons. The van der Waals surface area contributed by atoms with Crippen LogP contribution in [0.5, 0.6) is 0 Å². The number of ether oxygens (including phenoxy) is 1. The van der Waals surface area contributed by atoms with Crippen LogP contribution in [-0.4, -0.2) is 37.2 Å². The number of hydrogen-bond acceptors (Lipinski definition) is 3. The van der Waals surface area contributed by atoms with E-state index in [4.69, 9.17) is 4.74 Å². The van der Waals surface area contributed by atoms with Crippen LogP contribution in [-0.2, 0) is 4.74 Å². The molecular weight excluding hydrogens is 321 g/mol. The number of carbonyl (C=O) groups excluding carboxylic acids is 1. The van der Waals surface area contributed by atoms with Crippen LogP contribution in [0.1, 0.15) is 10.5 Å². The first kappa shape index (κ1) is 15.7. The second-order valence-corrected chi connectivity index (χ2v) is 5.98. The molecule has 0 saturated carbocycles. The minimum Gasteiger partial charge on any atom is -0.378 e. The summed E-state index contributed by atoms with van der Waals surface area (Å²) in [5.74, 6) is -0.641. The maximum Gasteiger partial charge on any atom is 0.272 e. The largest absolute Gasteiger partial charge is 0.378 e. The van der Waals surface area contributed by atoms with E-state index in [2.05, 4.69) is 15.2 Å². The Balaban J connectivity index is 1.49. The van der Waals surface area contributed by atoms with E-state index < -0.39 is 0 Å². The lowest BCUT2D eigenvalue weighted by molar-refractivity contribution is 0.102. The van der Waals surface area contributed by atoms with E-state index in [1.807, 2.05) is 24.3 Å². The van der Waals surface area contributed by atoms with Crippen molar-refractivity contribution in [1.82, 2.24) is 4.98 Å². The van der Waals surface area contributed by atoms with Gasteiger partial charge in [-0.15, -0.1) is 0 Å². The molecule has 1 aliphatic heterocycles. The highest BCUT2D eigenvalue weighted by molar-refractivity contribution is 6.06. The lowest BCUT2D eigenvalue weighted by atomic mass is 10.2. The van der Waals surface area contributed by atoms with Crippen molar-refractivity contribution in [3.8, 4) is 0 Å². The predicted octanol–water partition coefficient (Wildman–Crippen LogP) is 3.40. The summed E-state index contributed by atoms with van der Waals surface area (Å²) in [5.41, 5.74) is 2.74. The van der Waals surface area contributed by atoms with E-state index in [9.17, 15) is 9.18 Å². The van der Waals surface area contributed by atoms with Crippen molar-refractivity contribution in [1.29, 1.82) is 0 Å². The van der Waals surface area contributed by atoms with Gasteiger partial charge in [-0.05, 0) is 42.5 Å². The normalized spacial score (nSPS) is 14.7. The molecule has 0 radical (unpaired) electrons. The third-order valence-electron chi connectivity index (χ3n) is 4.36. The zero-order valence-corrected chi connectivity index (χ0v) is 13.6. The van der Waals surface area contributed by atoms with Crippen LogP contribution in [0.15, 0.2) is 48.5 Å². The molecule has 0 spiro atoms. The molecule has 0 aliphatic carbocycles. The summed E-state index contributed by atoms with van der Waals surface area (Å²) in [7, 11) is 0. The third kappa shape index (κ3) is 3.21. The van der Waals surface area contributed by atoms with E-state index in [-0.39, 0.29) is 11.7 Å². The molecule has 3 aromatic rings. The average molecular weight is 339 g/mol. The minimum atomic E-state index is -0.345. The predicted molar refractivity (Wildman–Crippen MR) is 95.7 cm³/mol. The molecule has 2 N–H and O–H groups in total. The van der Waals surface area contributed by atoms with Crippen LogP contribution >= 0.6 is 0 Å². The van der Waals surface area contributed by atoms with Crippen molar-refractivity contribution < 1.29 is 13.9 Å². The van der Waals surface area contributed by atoms with Gasteiger partial charge in [-0.2, -0.15) is 0 Å². The first-order valence-corrected chi connectivity index (χ1v) is 8.22. The Labute approximate surface area is 144 Å². The summed E-state index contributed by atoms with van der Waals surface area (Å²) >= 11 is 0. The number of rotatable bonds is 3. The number of H-pyrrole nitrogens is 1. The summed E-state index contributed by atoms with van der Waals surface area (Å²) in [5, 5.41) is 3.25. The molecule has 0 unspecified atom stereocenters. The first-order chi connectivity index (χ1) is 12.2. The molecule has 1 fully saturated rings. The van der Waals surface area contributed by atoms with Crippen molar-refractivity contribution in [2.45, 2.75) is 0 Å². The van der Waals surface area contributed by atoms with Crippen LogP contribution in [0.4, 0.5) is 15.8 Å². The smallest absolute Gasteiger partial charge is 0.272 e. The monoisotopic (exact) mass is 339 g/mol. The number of carbonyl (C=O) groups is 1. The maximum absolute atomic E-state index is 13.7. The zero-order valence-electron chi connectivity index (χ0n) is 13.6. The molecule has 1 amide bonds. The number of hydrogen-bond donors (Lipinski definition) is 2. The number of fused-ring (bicyclic) bond motifs is 1. The van der Waals surface area contributed by atoms with Gasteiger partial charge >= 0.3 is 0 Å². The molecule has 1 aliphatic rings. The lowest BCUT2D eigenvalue weighted by Gasteiger charge is -2.28. The summed E-state index contributed by atoms with van der Waals surface area (Å²) in [6, 6.07) is 14.0. The van der Waals surface area contributed by atoms with E-state index in [0.717, 1.165) is 32.0 Å². The van der Waals surface area contributed by atoms with Gasteiger partial charge in [0, 0.05) is 35.4 Å². The van der Waals surface area contributed by atoms with Gasteiger partial charge in [0.1, 0.15) is 11.5 Å². The molecule has 1 aromatic heterocycles. The van der Waals surface area contributed by atoms with Gasteiger partial charge in [0.15, 0.2) is 0 Å². The summed E-state index contributed by atoms with van der Waals surface area (Å²) < 4.78 is 19.1. The molecule has 4 rings (SSSR count). The van der Waals surface area contributed by atoms with Crippen LogP contribution in [0, 0.1) is 5.82 Å². The molecule has 25 heavy (non-hydrogen) atoms. The molecule has 0 atom stereocenters. The number of amides is 1. The van der Waals surface area contributed by atoms with Crippen LogP contribution in [0.25, 0.3) is 10.9 Å². The third-order valence-corrected chi connectivity index (χ3v) is 4.36. The first-order valence-electron chi connectivity index (χ1n) is 8.22. The van der Waals surface area contributed by atoms with Gasteiger partial charge in [-0.25, -0.2) is 4.39 Å². The Morgan fingerprint density at radius 2 is 1.88 bits per heavy atom. The highest BCUT2D eigenvalue weighted by Crippen LogP contribution is 2.21. The zero-order chi connectivity index (χ0) is 17.2. The number of morpholine rings is 1. The van der Waals surface area contributed by atoms with Crippen LogP contribution in [0.2, 0.25) is 0 Å². The minimum absolute atomic E-state index is 0.297. The quantitative estimate of drug-likeness (QED) is 0.769. The second-order valence-electron chi connectivity index (χ2n) is 5.98. The highest BCUT2D eigenvalue weighted by Gasteiger charge is 2.13. The van der Waals surface area contributed by atoms with Crippen molar-refractivity contribution in [2.24, 2.45) is 0 Å². The number of benzene rings is 2. The van der Waals surface area contributed by atoms with Gasteiger partial charge in [-0.3, -0.25) is 4.79 Å². The summed E-state index contributed by atoms with van der Waals surface area (Å²) in [6.07, 6.45) is 0. The van der Waals surface area contributed by atoms with Crippen molar-refractivity contribution in [3.05, 3.63) is 60.0 Å². The van der Waals surface area contributed by atoms with E-state index in [1.165, 1.54) is 12.1 Å². The van der Waals surface area contributed by atoms with Crippen molar-refractivity contribution in [2.75, 3.05) is 36.5 Å². The van der Waals surface area contributed by atoms with Gasteiger partial charge in [-0.1, -0.05) is 6.07 Å². The van der Waals surface area contributed by atoms with Crippen LogP contribution in [0.3, 0.4) is 0 Å². The molecular formula is C19H18FN3O2. The Bertz CT molecular complexity index is 899. The Morgan fingerprint density at radius 1 is 1.12 bits per heavy atom. The average Bonchev–Trinajstić information content (AvgIpc) is 3.09. The lowest BCUT2D eigenvalue weighted by Crippen LogP contribution is -2.36. The molecule has 6 heteroatoms. The summed E-state index contributed by atoms with van der Waals surface area (Å²) in [4.78, 5) is 17.6. The number of nitrogens with zero attached hydrogens (tertiary/aromatic N) is 1. The number of aromatic nitrogens is 1. The van der Waals surface area contributed by atoms with E-state index >= 15 is 0 Å². The fraction of sp³-hybridized carbons (Fsp3) is 0.211. The van der Waals surface area contributed by atoms with Crippen molar-refractivity contribution >= 4 is 28.2 Å². The SMILES string of the molecule is O=C(Nc1ccc(N2CCOCC2)cc1)c1cc2c(F)cccc2[nH]1. The number of nitrogens with one attached hydrogen (secondary N) is 2. The highest BCUT2D eigenvalue weighted by atomic mass is 19.1. The molecule has 2 aromatic carbocycles. The Hall–Kier alpha value is -2.86. The Kier molecular flexibility index (Phi) is 4.11. The van der Waals surface area contributed by atoms with Crippen LogP contribution < -0.4 is 10.2 Å². The molecule has 1 saturated heterocycles. The van der Waals surface area contributed by atoms with Crippen molar-refractivity contribution in [3.63, 3.8) is 0 Å². The fourth-order valence-electron chi connectivity index (χ4n) is 3.02. The molecule has 2 heterocycles. The van der Waals surface area contributed by atoms with Gasteiger partial charge < -0.3 is 19.9 Å². The standard InChI is InChI=1S/C19H18FN3O2/c20-16-2-1-3-17-15(16)12-18(22-17)19(24)21-13-4-6-14(7-5-13)23-8-10-25-11-9-23/h1-7,12,22H,8-11H2,(H,21,24). The maximum atomic E-state index is 13.7. The van der Waals surface area contributed by atoms with E-state index in [0.29, 0.717) is 22.3 Å². The summed E-state index contributed by atoms with van der Waals surface area (Å²) in [6.45, 7) is 3.20. The topological polar surface area (TPSA) is 57.4 Å². The molecule has 0 bridgehead atoms. The fourth-order valence-corrected chi connectivity index (χ4v) is 3.02. The van der Waals surface area contributed by atoms with Gasteiger partial charge in [0.25, 0.3) is 5.91 Å².